The predicted molar refractivity (Wildman–Crippen MR) is 123 cm³/mol. The lowest BCUT2D eigenvalue weighted by Gasteiger charge is -2.38. The van der Waals surface area contributed by atoms with Crippen molar-refractivity contribution in [3.8, 4) is 17.1 Å². The van der Waals surface area contributed by atoms with Crippen molar-refractivity contribution in [2.75, 3.05) is 38.2 Å². The number of hydrogen-bond donors (Lipinski definition) is 1. The van der Waals surface area contributed by atoms with Crippen LogP contribution in [0.1, 0.15) is 31.1 Å². The number of hydrogen-bond acceptors (Lipinski definition) is 6. The Bertz CT molecular complexity index is 1070. The minimum Gasteiger partial charge on any atom is -0.497 e. The normalized spacial score (nSPS) is 15.6. The molecule has 7 nitrogen and oxygen atoms in total. The first-order chi connectivity index (χ1) is 15.1. The number of H-pyrrole nitrogens is 1. The Labute approximate surface area is 182 Å². The highest BCUT2D eigenvalue weighted by Crippen LogP contribution is 2.26. The molecule has 1 aromatic carbocycles. The summed E-state index contributed by atoms with van der Waals surface area (Å²) in [5.41, 5.74) is 2.74. The number of aromatic amines is 1. The van der Waals surface area contributed by atoms with Gasteiger partial charge in [-0.1, -0.05) is 19.1 Å². The number of pyridine rings is 1. The molecule has 0 bridgehead atoms. The van der Waals surface area contributed by atoms with Crippen LogP contribution in [0.15, 0.2) is 53.5 Å². The van der Waals surface area contributed by atoms with Crippen molar-refractivity contribution < 1.29 is 4.74 Å². The van der Waals surface area contributed by atoms with E-state index in [1.165, 1.54) is 11.6 Å². The summed E-state index contributed by atoms with van der Waals surface area (Å²) in [6.45, 7) is 8.00. The van der Waals surface area contributed by atoms with Gasteiger partial charge in [0.1, 0.15) is 17.4 Å². The van der Waals surface area contributed by atoms with Crippen LogP contribution < -0.4 is 15.2 Å². The average molecular weight is 420 g/mol. The molecule has 3 heterocycles. The second-order valence-electron chi connectivity index (χ2n) is 7.82. The van der Waals surface area contributed by atoms with Crippen molar-refractivity contribution in [2.24, 2.45) is 0 Å². The van der Waals surface area contributed by atoms with Gasteiger partial charge >= 0.3 is 0 Å². The van der Waals surface area contributed by atoms with E-state index in [0.29, 0.717) is 11.9 Å². The number of rotatable bonds is 6. The van der Waals surface area contributed by atoms with Crippen LogP contribution in [0.3, 0.4) is 0 Å². The van der Waals surface area contributed by atoms with E-state index in [1.807, 2.05) is 31.2 Å². The highest BCUT2D eigenvalue weighted by Gasteiger charge is 2.23. The van der Waals surface area contributed by atoms with E-state index < -0.39 is 0 Å². The van der Waals surface area contributed by atoms with Gasteiger partial charge in [-0.25, -0.2) is 9.97 Å². The van der Waals surface area contributed by atoms with Crippen molar-refractivity contribution in [3.63, 3.8) is 0 Å². The van der Waals surface area contributed by atoms with Crippen LogP contribution >= 0.6 is 0 Å². The molecule has 3 aromatic rings. The van der Waals surface area contributed by atoms with Gasteiger partial charge in [-0.2, -0.15) is 0 Å². The maximum absolute atomic E-state index is 11.8. The molecule has 1 aliphatic heterocycles. The maximum Gasteiger partial charge on any atom is 0.251 e. The molecular formula is C24H29N5O2. The van der Waals surface area contributed by atoms with Crippen LogP contribution in [-0.2, 0) is 6.42 Å². The van der Waals surface area contributed by atoms with Crippen LogP contribution in [0.4, 0.5) is 5.82 Å². The van der Waals surface area contributed by atoms with E-state index in [0.717, 1.165) is 55.4 Å². The summed E-state index contributed by atoms with van der Waals surface area (Å²) >= 11 is 0. The molecule has 1 atom stereocenters. The van der Waals surface area contributed by atoms with Crippen LogP contribution in [0.25, 0.3) is 11.4 Å². The molecule has 2 aromatic heterocycles. The third-order valence-corrected chi connectivity index (χ3v) is 5.94. The van der Waals surface area contributed by atoms with Crippen molar-refractivity contribution in [2.45, 2.75) is 26.3 Å². The maximum atomic E-state index is 11.8. The zero-order chi connectivity index (χ0) is 21.8. The summed E-state index contributed by atoms with van der Waals surface area (Å²) < 4.78 is 5.37. The molecule has 0 amide bonds. The molecule has 31 heavy (non-hydrogen) atoms. The molecule has 0 spiro atoms. The first-order valence-corrected chi connectivity index (χ1v) is 10.8. The summed E-state index contributed by atoms with van der Waals surface area (Å²) in [5.74, 6) is 2.42. The van der Waals surface area contributed by atoms with Crippen LogP contribution in [0, 0.1) is 0 Å². The Hall–Kier alpha value is -3.19. The van der Waals surface area contributed by atoms with Crippen molar-refractivity contribution in [1.82, 2.24) is 19.9 Å². The van der Waals surface area contributed by atoms with Gasteiger partial charge in [0, 0.05) is 55.7 Å². The highest BCUT2D eigenvalue weighted by molar-refractivity contribution is 5.56. The largest absolute Gasteiger partial charge is 0.497 e. The van der Waals surface area contributed by atoms with Gasteiger partial charge in [-0.05, 0) is 43.2 Å². The topological polar surface area (TPSA) is 74.4 Å². The number of nitrogens with zero attached hydrogens (tertiary/aromatic N) is 4. The number of methoxy groups -OCH3 is 1. The number of aromatic nitrogens is 3. The Balaban J connectivity index is 1.41. The van der Waals surface area contributed by atoms with Gasteiger partial charge in [0.05, 0.1) is 7.11 Å². The minimum absolute atomic E-state index is 0.132. The van der Waals surface area contributed by atoms with Crippen molar-refractivity contribution in [3.05, 3.63) is 70.3 Å². The van der Waals surface area contributed by atoms with Crippen molar-refractivity contribution in [1.29, 1.82) is 0 Å². The lowest BCUT2D eigenvalue weighted by molar-refractivity contribution is 0.198. The van der Waals surface area contributed by atoms with E-state index in [9.17, 15) is 4.79 Å². The average Bonchev–Trinajstić information content (AvgIpc) is 2.83. The molecule has 0 saturated carbocycles. The Morgan fingerprint density at radius 3 is 2.61 bits per heavy atom. The summed E-state index contributed by atoms with van der Waals surface area (Å²) in [6.07, 6.45) is 2.51. The summed E-state index contributed by atoms with van der Waals surface area (Å²) in [5, 5.41) is 0. The molecule has 1 saturated heterocycles. The Kier molecular flexibility index (Phi) is 6.32. The summed E-state index contributed by atoms with van der Waals surface area (Å²) in [4.78, 5) is 28.6. The SMILES string of the molecule is CCc1cc(=O)[nH]c(-c2ccc(N3CCN(C(C)c4cccc(OC)c4)CC3)nc2)n1. The molecule has 1 unspecified atom stereocenters. The standard InChI is InChI=1S/C24H29N5O2/c1-4-20-15-23(30)27-24(26-20)19-8-9-22(25-16-19)29-12-10-28(11-13-29)17(2)18-6-5-7-21(14-18)31-3/h5-9,14-17H,4,10-13H2,1-3H3,(H,26,27,30). The Morgan fingerprint density at radius 1 is 1.13 bits per heavy atom. The second-order valence-corrected chi connectivity index (χ2v) is 7.82. The second kappa shape index (κ2) is 9.31. The number of benzene rings is 1. The fourth-order valence-corrected chi connectivity index (χ4v) is 3.99. The van der Waals surface area contributed by atoms with Gasteiger partial charge in [-0.3, -0.25) is 9.69 Å². The molecular weight excluding hydrogens is 390 g/mol. The zero-order valence-electron chi connectivity index (χ0n) is 18.3. The van der Waals surface area contributed by atoms with E-state index in [4.69, 9.17) is 4.74 Å². The third kappa shape index (κ3) is 4.77. The van der Waals surface area contributed by atoms with Gasteiger partial charge in [0.25, 0.3) is 5.56 Å². The predicted octanol–water partition coefficient (Wildman–Crippen LogP) is 3.29. The quantitative estimate of drug-likeness (QED) is 0.661. The van der Waals surface area contributed by atoms with Crippen LogP contribution in [-0.4, -0.2) is 53.1 Å². The first-order valence-electron chi connectivity index (χ1n) is 10.8. The number of ether oxygens (including phenoxy) is 1. The lowest BCUT2D eigenvalue weighted by atomic mass is 10.1. The number of nitrogens with one attached hydrogen (secondary N) is 1. The minimum atomic E-state index is -0.132. The lowest BCUT2D eigenvalue weighted by Crippen LogP contribution is -2.47. The zero-order valence-corrected chi connectivity index (χ0v) is 18.3. The molecule has 7 heteroatoms. The van der Waals surface area contributed by atoms with Crippen LogP contribution in [0.2, 0.25) is 0 Å². The van der Waals surface area contributed by atoms with E-state index in [2.05, 4.69) is 43.8 Å². The van der Waals surface area contributed by atoms with Gasteiger partial charge in [0.15, 0.2) is 0 Å². The summed E-state index contributed by atoms with van der Waals surface area (Å²) in [6, 6.07) is 14.2. The molecule has 0 radical (unpaired) electrons. The Morgan fingerprint density at radius 2 is 1.94 bits per heavy atom. The van der Waals surface area contributed by atoms with Crippen LogP contribution in [0.5, 0.6) is 5.75 Å². The molecule has 1 fully saturated rings. The highest BCUT2D eigenvalue weighted by atomic mass is 16.5. The van der Waals surface area contributed by atoms with Gasteiger partial charge in [0.2, 0.25) is 0 Å². The fraction of sp³-hybridized carbons (Fsp3) is 0.375. The smallest absolute Gasteiger partial charge is 0.251 e. The number of aryl methyl sites for hydroxylation is 1. The van der Waals surface area contributed by atoms with E-state index in [1.54, 1.807) is 13.3 Å². The molecule has 162 valence electrons. The molecule has 1 N–H and O–H groups in total. The van der Waals surface area contributed by atoms with E-state index >= 15 is 0 Å². The first kappa shape index (κ1) is 21.1. The molecule has 0 aliphatic carbocycles. The number of anilines is 1. The fourth-order valence-electron chi connectivity index (χ4n) is 3.99. The summed E-state index contributed by atoms with van der Waals surface area (Å²) in [7, 11) is 1.70. The third-order valence-electron chi connectivity index (χ3n) is 5.94. The monoisotopic (exact) mass is 419 g/mol. The van der Waals surface area contributed by atoms with Gasteiger partial charge in [-0.15, -0.1) is 0 Å². The van der Waals surface area contributed by atoms with Crippen molar-refractivity contribution >= 4 is 5.82 Å². The molecule has 4 rings (SSSR count). The van der Waals surface area contributed by atoms with Gasteiger partial charge < -0.3 is 14.6 Å². The number of piperazine rings is 1. The molecule has 1 aliphatic rings. The van der Waals surface area contributed by atoms with E-state index in [-0.39, 0.29) is 5.56 Å².